The van der Waals surface area contributed by atoms with Gasteiger partial charge in [0, 0.05) is 6.42 Å². The summed E-state index contributed by atoms with van der Waals surface area (Å²) in [5.74, 6) is 0. The summed E-state index contributed by atoms with van der Waals surface area (Å²) in [6.07, 6.45) is 15.9. The van der Waals surface area contributed by atoms with Crippen molar-refractivity contribution in [2.24, 2.45) is 0 Å². The van der Waals surface area contributed by atoms with Gasteiger partial charge in [-0.3, -0.25) is 0 Å². The van der Waals surface area contributed by atoms with Crippen LogP contribution in [0, 0.1) is 0 Å². The van der Waals surface area contributed by atoms with E-state index in [9.17, 15) is 0 Å². The van der Waals surface area contributed by atoms with E-state index in [1.54, 1.807) is 0 Å². The molecular formula is C21H36OS. The molecule has 0 heterocycles. The van der Waals surface area contributed by atoms with Crippen LogP contribution >= 0.6 is 12.2 Å². The molecule has 0 saturated carbocycles. The van der Waals surface area contributed by atoms with Gasteiger partial charge in [-0.05, 0) is 78.1 Å². The number of thiocarbonyl (C=S) groups is 1. The quantitative estimate of drug-likeness (QED) is 0.209. The van der Waals surface area contributed by atoms with E-state index in [1.807, 2.05) is 0 Å². The first kappa shape index (κ1) is 22.1. The van der Waals surface area contributed by atoms with Crippen LogP contribution in [0.15, 0.2) is 34.9 Å². The Labute approximate surface area is 149 Å². The molecule has 1 nitrogen and oxygen atoms in total. The van der Waals surface area contributed by atoms with Crippen molar-refractivity contribution in [2.75, 3.05) is 6.61 Å². The Balaban J connectivity index is 3.85. The fourth-order valence-corrected chi connectivity index (χ4v) is 2.42. The van der Waals surface area contributed by atoms with Gasteiger partial charge in [0.15, 0.2) is 5.05 Å². The molecule has 0 spiro atoms. The van der Waals surface area contributed by atoms with Gasteiger partial charge in [0.05, 0.1) is 0 Å². The molecular weight excluding hydrogens is 300 g/mol. The Morgan fingerprint density at radius 3 is 2.04 bits per heavy atom. The van der Waals surface area contributed by atoms with Crippen LogP contribution in [-0.2, 0) is 4.74 Å². The summed E-state index contributed by atoms with van der Waals surface area (Å²) in [5.41, 5.74) is 4.28. The van der Waals surface area contributed by atoms with Crippen molar-refractivity contribution in [3.8, 4) is 0 Å². The first-order chi connectivity index (χ1) is 11.0. The Morgan fingerprint density at radius 2 is 1.43 bits per heavy atom. The van der Waals surface area contributed by atoms with Crippen LogP contribution < -0.4 is 0 Å². The highest BCUT2D eigenvalue weighted by atomic mass is 32.1. The molecule has 0 unspecified atom stereocenters. The minimum Gasteiger partial charge on any atom is -0.483 e. The largest absolute Gasteiger partial charge is 0.483 e. The number of unbranched alkanes of at least 4 members (excludes halogenated alkanes) is 2. The monoisotopic (exact) mass is 336 g/mol. The molecule has 0 aliphatic heterocycles. The molecule has 0 aromatic carbocycles. The first-order valence-corrected chi connectivity index (χ1v) is 9.46. The lowest BCUT2D eigenvalue weighted by Crippen LogP contribution is -2.01. The average molecular weight is 337 g/mol. The van der Waals surface area contributed by atoms with E-state index in [0.717, 1.165) is 37.2 Å². The summed E-state index contributed by atoms with van der Waals surface area (Å²) >= 11 is 5.23. The molecule has 0 rings (SSSR count). The zero-order valence-corrected chi connectivity index (χ0v) is 16.7. The molecule has 0 fully saturated rings. The van der Waals surface area contributed by atoms with Gasteiger partial charge in [-0.25, -0.2) is 0 Å². The molecule has 132 valence electrons. The van der Waals surface area contributed by atoms with Crippen molar-refractivity contribution < 1.29 is 4.74 Å². The first-order valence-electron chi connectivity index (χ1n) is 9.06. The van der Waals surface area contributed by atoms with Crippen molar-refractivity contribution in [1.29, 1.82) is 0 Å². The zero-order valence-electron chi connectivity index (χ0n) is 15.9. The molecule has 0 amide bonds. The third-order valence-electron chi connectivity index (χ3n) is 3.78. The molecule has 0 aromatic heterocycles. The number of rotatable bonds is 12. The highest BCUT2D eigenvalue weighted by Crippen LogP contribution is 2.11. The summed E-state index contributed by atoms with van der Waals surface area (Å²) in [6, 6.07) is 0. The van der Waals surface area contributed by atoms with Crippen LogP contribution in [0.4, 0.5) is 0 Å². The second-order valence-corrected chi connectivity index (χ2v) is 7.06. The summed E-state index contributed by atoms with van der Waals surface area (Å²) in [7, 11) is 0. The predicted molar refractivity (Wildman–Crippen MR) is 108 cm³/mol. The fraction of sp³-hybridized carbons (Fsp3) is 0.667. The van der Waals surface area contributed by atoms with Crippen LogP contribution in [0.1, 0.15) is 86.0 Å². The number of hydrogen-bond acceptors (Lipinski definition) is 2. The molecule has 0 aliphatic carbocycles. The Kier molecular flexibility index (Phi) is 14.1. The second-order valence-electron chi connectivity index (χ2n) is 6.60. The summed E-state index contributed by atoms with van der Waals surface area (Å²) in [5, 5.41) is 0.762. The summed E-state index contributed by atoms with van der Waals surface area (Å²) < 4.78 is 5.60. The van der Waals surface area contributed by atoms with E-state index in [-0.39, 0.29) is 0 Å². The maximum absolute atomic E-state index is 5.60. The van der Waals surface area contributed by atoms with Gasteiger partial charge < -0.3 is 4.74 Å². The van der Waals surface area contributed by atoms with Crippen LogP contribution in [0.2, 0.25) is 0 Å². The Hall–Kier alpha value is -0.890. The summed E-state index contributed by atoms with van der Waals surface area (Å²) in [4.78, 5) is 0. The third-order valence-corrected chi connectivity index (χ3v) is 4.11. The highest BCUT2D eigenvalue weighted by Gasteiger charge is 1.97. The third kappa shape index (κ3) is 15.8. The number of ether oxygens (including phenoxy) is 1. The minimum atomic E-state index is 0.625. The van der Waals surface area contributed by atoms with Crippen molar-refractivity contribution in [3.63, 3.8) is 0 Å². The minimum absolute atomic E-state index is 0.625. The van der Waals surface area contributed by atoms with Gasteiger partial charge in [-0.1, -0.05) is 48.6 Å². The topological polar surface area (TPSA) is 9.23 Å². The van der Waals surface area contributed by atoms with Gasteiger partial charge in [-0.2, -0.15) is 0 Å². The molecule has 0 atom stereocenters. The van der Waals surface area contributed by atoms with Crippen LogP contribution in [0.25, 0.3) is 0 Å². The van der Waals surface area contributed by atoms with E-state index >= 15 is 0 Å². The smallest absolute Gasteiger partial charge is 0.160 e. The maximum Gasteiger partial charge on any atom is 0.160 e. The van der Waals surface area contributed by atoms with Crippen molar-refractivity contribution in [1.82, 2.24) is 0 Å². The zero-order chi connectivity index (χ0) is 17.5. The number of allylic oxidation sites excluding steroid dienone is 5. The van der Waals surface area contributed by atoms with Crippen LogP contribution in [0.3, 0.4) is 0 Å². The molecule has 0 aromatic rings. The standard InChI is InChI=1S/C21H36OS/c1-6-7-8-15-21(23)22-17-16-20(5)14-10-13-19(4)12-9-11-18(2)3/h11,13,16H,6-10,12,14-15,17H2,1-5H3/b19-13+,20-16+. The van der Waals surface area contributed by atoms with Gasteiger partial charge in [0.25, 0.3) is 0 Å². The van der Waals surface area contributed by atoms with E-state index in [1.165, 1.54) is 36.0 Å². The van der Waals surface area contributed by atoms with Gasteiger partial charge >= 0.3 is 0 Å². The molecule has 0 N–H and O–H groups in total. The molecule has 0 aliphatic rings. The van der Waals surface area contributed by atoms with Crippen LogP contribution in [-0.4, -0.2) is 11.7 Å². The average Bonchev–Trinajstić information content (AvgIpc) is 2.47. The van der Waals surface area contributed by atoms with E-state index < -0.39 is 0 Å². The lowest BCUT2D eigenvalue weighted by atomic mass is 10.1. The summed E-state index contributed by atoms with van der Waals surface area (Å²) in [6.45, 7) is 11.6. The SMILES string of the molecule is CCCCCC(=S)OC/C=C(\C)CC/C=C(\C)CCC=C(C)C. The molecule has 0 saturated heterocycles. The Bertz CT molecular complexity index is 412. The van der Waals surface area contributed by atoms with Crippen molar-refractivity contribution in [3.05, 3.63) is 34.9 Å². The van der Waals surface area contributed by atoms with Gasteiger partial charge in [0.1, 0.15) is 6.61 Å². The van der Waals surface area contributed by atoms with Crippen LogP contribution in [0.5, 0.6) is 0 Å². The van der Waals surface area contributed by atoms with E-state index in [4.69, 9.17) is 17.0 Å². The van der Waals surface area contributed by atoms with E-state index in [2.05, 4.69) is 52.8 Å². The van der Waals surface area contributed by atoms with E-state index in [0.29, 0.717) is 6.61 Å². The molecule has 23 heavy (non-hydrogen) atoms. The Morgan fingerprint density at radius 1 is 0.826 bits per heavy atom. The highest BCUT2D eigenvalue weighted by molar-refractivity contribution is 7.80. The lowest BCUT2D eigenvalue weighted by molar-refractivity contribution is 0.347. The van der Waals surface area contributed by atoms with Crippen molar-refractivity contribution >= 4 is 17.3 Å². The van der Waals surface area contributed by atoms with Gasteiger partial charge in [-0.15, -0.1) is 0 Å². The molecule has 0 radical (unpaired) electrons. The second kappa shape index (κ2) is 14.7. The predicted octanol–water partition coefficient (Wildman–Crippen LogP) is 7.33. The van der Waals surface area contributed by atoms with Gasteiger partial charge in [0.2, 0.25) is 0 Å². The number of hydrogen-bond donors (Lipinski definition) is 0. The fourth-order valence-electron chi connectivity index (χ4n) is 2.21. The lowest BCUT2D eigenvalue weighted by Gasteiger charge is -2.06. The molecule has 2 heteroatoms. The van der Waals surface area contributed by atoms with Crippen molar-refractivity contribution in [2.45, 2.75) is 86.0 Å². The molecule has 0 bridgehead atoms. The normalized spacial score (nSPS) is 12.2. The maximum atomic E-state index is 5.60.